The van der Waals surface area contributed by atoms with E-state index in [0.29, 0.717) is 5.75 Å². The van der Waals surface area contributed by atoms with Crippen LogP contribution < -0.4 is 4.74 Å². The number of benzene rings is 1. The zero-order valence-corrected chi connectivity index (χ0v) is 9.61. The lowest BCUT2D eigenvalue weighted by molar-refractivity contribution is -0.137. The second kappa shape index (κ2) is 6.24. The van der Waals surface area contributed by atoms with Gasteiger partial charge in [-0.3, -0.25) is 4.79 Å². The van der Waals surface area contributed by atoms with Crippen LogP contribution in [-0.4, -0.2) is 17.7 Å². The Labute approximate surface area is 96.5 Å². The second-order valence-corrected chi connectivity index (χ2v) is 3.38. The van der Waals surface area contributed by atoms with Crippen LogP contribution in [-0.2, 0) is 4.79 Å². The molecule has 0 atom stereocenters. The number of carboxylic acids is 1. The van der Waals surface area contributed by atoms with Gasteiger partial charge in [0.05, 0.1) is 13.0 Å². The molecule has 0 saturated heterocycles. The van der Waals surface area contributed by atoms with Crippen LogP contribution in [0.3, 0.4) is 0 Å². The van der Waals surface area contributed by atoms with E-state index in [1.54, 1.807) is 4.99 Å². The van der Waals surface area contributed by atoms with Gasteiger partial charge in [-0.05, 0) is 28.8 Å². The summed E-state index contributed by atoms with van der Waals surface area (Å²) in [6.07, 6.45) is 1.92. The van der Waals surface area contributed by atoms with Gasteiger partial charge in [0.15, 0.2) is 0 Å². The maximum absolute atomic E-state index is 10.2. The molecule has 1 aromatic carbocycles. The van der Waals surface area contributed by atoms with Crippen LogP contribution in [0.2, 0.25) is 0 Å². The van der Waals surface area contributed by atoms with Gasteiger partial charge in [-0.2, -0.15) is 0 Å². The van der Waals surface area contributed by atoms with Gasteiger partial charge in [-0.15, -0.1) is 0 Å². The zero-order valence-electron chi connectivity index (χ0n) is 8.02. The van der Waals surface area contributed by atoms with E-state index in [2.05, 4.69) is 15.9 Å². The standard InChI is InChI=1S/C11H11BrO3/c12-7-5-9-1-3-10(4-2-9)15-8-6-11(13)14/h1-5,7H,6,8H2,(H,13,14)/b7-5+. The van der Waals surface area contributed by atoms with Crippen LogP contribution in [0, 0.1) is 0 Å². The van der Waals surface area contributed by atoms with Gasteiger partial charge >= 0.3 is 5.97 Å². The highest BCUT2D eigenvalue weighted by molar-refractivity contribution is 9.11. The lowest BCUT2D eigenvalue weighted by Gasteiger charge is -2.04. The summed E-state index contributed by atoms with van der Waals surface area (Å²) in [5, 5.41) is 8.41. The summed E-state index contributed by atoms with van der Waals surface area (Å²) >= 11 is 3.19. The predicted molar refractivity (Wildman–Crippen MR) is 62.2 cm³/mol. The minimum atomic E-state index is -0.853. The molecule has 0 heterocycles. The van der Waals surface area contributed by atoms with Gasteiger partial charge in [-0.25, -0.2) is 0 Å². The molecule has 1 rings (SSSR count). The molecule has 0 unspecified atom stereocenters. The van der Waals surface area contributed by atoms with Crippen LogP contribution in [0.15, 0.2) is 29.3 Å². The van der Waals surface area contributed by atoms with Crippen molar-refractivity contribution >= 4 is 28.0 Å². The third-order valence-electron chi connectivity index (χ3n) is 1.72. The molecule has 3 nitrogen and oxygen atoms in total. The van der Waals surface area contributed by atoms with Crippen molar-refractivity contribution in [2.24, 2.45) is 0 Å². The molecule has 0 amide bonds. The summed E-state index contributed by atoms with van der Waals surface area (Å²) in [5.74, 6) is -0.170. The minimum Gasteiger partial charge on any atom is -0.493 e. The van der Waals surface area contributed by atoms with Crippen LogP contribution >= 0.6 is 15.9 Å². The average molecular weight is 271 g/mol. The SMILES string of the molecule is O=C(O)CCOc1ccc(/C=C/Br)cc1. The number of aliphatic carboxylic acids is 1. The van der Waals surface area contributed by atoms with Gasteiger partial charge in [-0.1, -0.05) is 28.1 Å². The van der Waals surface area contributed by atoms with Crippen molar-refractivity contribution in [3.05, 3.63) is 34.8 Å². The zero-order chi connectivity index (χ0) is 11.1. The van der Waals surface area contributed by atoms with E-state index in [-0.39, 0.29) is 13.0 Å². The first kappa shape index (κ1) is 11.8. The van der Waals surface area contributed by atoms with E-state index >= 15 is 0 Å². The van der Waals surface area contributed by atoms with Crippen LogP contribution in [0.1, 0.15) is 12.0 Å². The van der Waals surface area contributed by atoms with Crippen LogP contribution in [0.25, 0.3) is 6.08 Å². The molecule has 0 aromatic heterocycles. The smallest absolute Gasteiger partial charge is 0.306 e. The molecule has 15 heavy (non-hydrogen) atoms. The molecule has 0 aliphatic rings. The Hall–Kier alpha value is -1.29. The highest BCUT2D eigenvalue weighted by Crippen LogP contribution is 2.13. The van der Waals surface area contributed by atoms with Gasteiger partial charge in [0.25, 0.3) is 0 Å². The quantitative estimate of drug-likeness (QED) is 0.895. The van der Waals surface area contributed by atoms with Crippen molar-refractivity contribution in [2.45, 2.75) is 6.42 Å². The van der Waals surface area contributed by atoms with Gasteiger partial charge in [0.2, 0.25) is 0 Å². The fraction of sp³-hybridized carbons (Fsp3) is 0.182. The average Bonchev–Trinajstić information content (AvgIpc) is 2.20. The third kappa shape index (κ3) is 4.65. The molecule has 1 aromatic rings. The van der Waals surface area contributed by atoms with Crippen LogP contribution in [0.4, 0.5) is 0 Å². The lowest BCUT2D eigenvalue weighted by atomic mass is 10.2. The Balaban J connectivity index is 2.46. The summed E-state index contributed by atoms with van der Waals surface area (Å²) in [4.78, 5) is 12.0. The fourth-order valence-electron chi connectivity index (χ4n) is 1.00. The highest BCUT2D eigenvalue weighted by atomic mass is 79.9. The van der Waals surface area contributed by atoms with E-state index < -0.39 is 5.97 Å². The number of halogens is 1. The van der Waals surface area contributed by atoms with E-state index in [9.17, 15) is 4.79 Å². The van der Waals surface area contributed by atoms with E-state index in [1.165, 1.54) is 0 Å². The molecule has 0 radical (unpaired) electrons. The number of ether oxygens (including phenoxy) is 1. The molecule has 4 heteroatoms. The maximum Gasteiger partial charge on any atom is 0.306 e. The van der Waals surface area contributed by atoms with Crippen LogP contribution in [0.5, 0.6) is 5.75 Å². The van der Waals surface area contributed by atoms with E-state index in [4.69, 9.17) is 9.84 Å². The van der Waals surface area contributed by atoms with Gasteiger partial charge < -0.3 is 9.84 Å². The Morgan fingerprint density at radius 3 is 2.60 bits per heavy atom. The number of rotatable bonds is 5. The van der Waals surface area contributed by atoms with Crippen molar-refractivity contribution in [2.75, 3.05) is 6.61 Å². The molecule has 0 fully saturated rings. The number of carboxylic acid groups (broad SMARTS) is 1. The largest absolute Gasteiger partial charge is 0.493 e. The molecule has 0 aliphatic carbocycles. The van der Waals surface area contributed by atoms with Gasteiger partial charge in [0.1, 0.15) is 5.75 Å². The topological polar surface area (TPSA) is 46.5 Å². The summed E-state index contributed by atoms with van der Waals surface area (Å²) < 4.78 is 5.23. The molecule has 0 aliphatic heterocycles. The molecule has 0 bridgehead atoms. The highest BCUT2D eigenvalue weighted by Gasteiger charge is 1.97. The van der Waals surface area contributed by atoms with E-state index in [1.807, 2.05) is 30.3 Å². The Morgan fingerprint density at radius 1 is 1.40 bits per heavy atom. The lowest BCUT2D eigenvalue weighted by Crippen LogP contribution is -2.04. The Kier molecular flexibility index (Phi) is 4.90. The fourth-order valence-corrected chi connectivity index (χ4v) is 1.31. The number of hydrogen-bond donors (Lipinski definition) is 1. The van der Waals surface area contributed by atoms with Gasteiger partial charge in [0, 0.05) is 0 Å². The van der Waals surface area contributed by atoms with Crippen molar-refractivity contribution in [1.29, 1.82) is 0 Å². The molecular formula is C11H11BrO3. The molecule has 80 valence electrons. The first-order chi connectivity index (χ1) is 7.22. The predicted octanol–water partition coefficient (Wildman–Crippen LogP) is 2.91. The second-order valence-electron chi connectivity index (χ2n) is 2.85. The number of carbonyl (C=O) groups is 1. The first-order valence-electron chi connectivity index (χ1n) is 4.44. The number of hydrogen-bond acceptors (Lipinski definition) is 2. The maximum atomic E-state index is 10.2. The van der Waals surface area contributed by atoms with Crippen molar-refractivity contribution in [1.82, 2.24) is 0 Å². The Bertz CT molecular complexity index is 343. The minimum absolute atomic E-state index is 0.0169. The Morgan fingerprint density at radius 2 is 2.07 bits per heavy atom. The van der Waals surface area contributed by atoms with Crippen molar-refractivity contribution in [3.8, 4) is 5.75 Å². The molecule has 1 N–H and O–H groups in total. The monoisotopic (exact) mass is 270 g/mol. The van der Waals surface area contributed by atoms with E-state index in [0.717, 1.165) is 5.56 Å². The van der Waals surface area contributed by atoms with Crippen molar-refractivity contribution in [3.63, 3.8) is 0 Å². The molecule has 0 spiro atoms. The normalized spacial score (nSPS) is 10.5. The summed E-state index contributed by atoms with van der Waals surface area (Å²) in [6, 6.07) is 7.41. The summed E-state index contributed by atoms with van der Waals surface area (Å²) in [6.45, 7) is 0.197. The molecular weight excluding hydrogens is 260 g/mol. The molecule has 0 saturated carbocycles. The third-order valence-corrected chi connectivity index (χ3v) is 1.98. The summed E-state index contributed by atoms with van der Waals surface area (Å²) in [5.41, 5.74) is 1.05. The summed E-state index contributed by atoms with van der Waals surface area (Å²) in [7, 11) is 0. The van der Waals surface area contributed by atoms with Crippen molar-refractivity contribution < 1.29 is 14.6 Å². The first-order valence-corrected chi connectivity index (χ1v) is 5.35.